The van der Waals surface area contributed by atoms with Crippen LogP contribution >= 0.6 is 0 Å². The molecule has 2 amide bonds. The monoisotopic (exact) mass is 370 g/mol. The first-order valence-electron chi connectivity index (χ1n) is 8.74. The molecule has 1 N–H and O–H groups in total. The van der Waals surface area contributed by atoms with Gasteiger partial charge in [-0.1, -0.05) is 18.2 Å². The number of benzene rings is 2. The van der Waals surface area contributed by atoms with Crippen LogP contribution in [0.15, 0.2) is 42.5 Å². The van der Waals surface area contributed by atoms with Crippen molar-refractivity contribution >= 4 is 11.8 Å². The van der Waals surface area contributed by atoms with E-state index in [0.717, 1.165) is 11.1 Å². The summed E-state index contributed by atoms with van der Waals surface area (Å²) in [5.41, 5.74) is 2.64. The zero-order valence-electron chi connectivity index (χ0n) is 16.2. The minimum absolute atomic E-state index is 0.0402. The summed E-state index contributed by atoms with van der Waals surface area (Å²) in [6, 6.07) is 13.0. The summed E-state index contributed by atoms with van der Waals surface area (Å²) in [6.45, 7) is 2.52. The van der Waals surface area contributed by atoms with Gasteiger partial charge in [-0.2, -0.15) is 0 Å². The van der Waals surface area contributed by atoms with E-state index in [1.165, 1.54) is 6.92 Å². The molecule has 0 aliphatic rings. The van der Waals surface area contributed by atoms with Crippen molar-refractivity contribution in [3.8, 4) is 11.5 Å². The summed E-state index contributed by atoms with van der Waals surface area (Å²) in [4.78, 5) is 25.2. The topological polar surface area (TPSA) is 67.9 Å². The van der Waals surface area contributed by atoms with Gasteiger partial charge in [-0.25, -0.2) is 0 Å². The summed E-state index contributed by atoms with van der Waals surface area (Å²) in [6.07, 6.45) is 0.712. The lowest BCUT2D eigenvalue weighted by atomic mass is 10.1. The second kappa shape index (κ2) is 9.62. The van der Waals surface area contributed by atoms with Gasteiger partial charge in [-0.05, 0) is 41.8 Å². The molecule has 2 aromatic carbocycles. The molecule has 0 atom stereocenters. The summed E-state index contributed by atoms with van der Waals surface area (Å²) >= 11 is 0. The Labute approximate surface area is 160 Å². The summed E-state index contributed by atoms with van der Waals surface area (Å²) in [5.74, 6) is 1.25. The maximum Gasteiger partial charge on any atom is 0.253 e. The Morgan fingerprint density at radius 2 is 1.59 bits per heavy atom. The fourth-order valence-electron chi connectivity index (χ4n) is 2.65. The predicted octanol–water partition coefficient (Wildman–Crippen LogP) is 2.65. The Balaban J connectivity index is 1.94. The van der Waals surface area contributed by atoms with Crippen LogP contribution in [0.4, 0.5) is 0 Å². The molecular formula is C21H26N2O4. The number of ether oxygens (including phenoxy) is 2. The smallest absolute Gasteiger partial charge is 0.253 e. The molecule has 0 saturated carbocycles. The molecule has 6 nitrogen and oxygen atoms in total. The highest BCUT2D eigenvalue weighted by Crippen LogP contribution is 2.27. The number of rotatable bonds is 8. The maximum absolute atomic E-state index is 12.6. The van der Waals surface area contributed by atoms with Crippen molar-refractivity contribution in [1.82, 2.24) is 10.2 Å². The minimum Gasteiger partial charge on any atom is -0.493 e. The van der Waals surface area contributed by atoms with Gasteiger partial charge in [0.1, 0.15) is 0 Å². The second-order valence-electron chi connectivity index (χ2n) is 6.27. The van der Waals surface area contributed by atoms with Crippen molar-refractivity contribution in [2.24, 2.45) is 0 Å². The summed E-state index contributed by atoms with van der Waals surface area (Å²) in [5, 5.41) is 2.74. The molecule has 0 aliphatic heterocycles. The third-order valence-corrected chi connectivity index (χ3v) is 4.27. The number of carbonyl (C=O) groups excluding carboxylic acids is 2. The van der Waals surface area contributed by atoms with Crippen LogP contribution in [0.2, 0.25) is 0 Å². The largest absolute Gasteiger partial charge is 0.493 e. The van der Waals surface area contributed by atoms with Crippen LogP contribution < -0.4 is 14.8 Å². The average molecular weight is 370 g/mol. The average Bonchev–Trinajstić information content (AvgIpc) is 2.69. The number of likely N-dealkylation sites (N-methyl/N-ethyl adjacent to an activating group) is 1. The van der Waals surface area contributed by atoms with Crippen molar-refractivity contribution < 1.29 is 19.1 Å². The van der Waals surface area contributed by atoms with E-state index in [-0.39, 0.29) is 11.8 Å². The van der Waals surface area contributed by atoms with E-state index in [2.05, 4.69) is 5.32 Å². The molecule has 0 heterocycles. The number of amides is 2. The van der Waals surface area contributed by atoms with E-state index in [1.807, 2.05) is 30.3 Å². The van der Waals surface area contributed by atoms with Crippen LogP contribution in [0, 0.1) is 0 Å². The molecule has 6 heteroatoms. The molecule has 2 aromatic rings. The van der Waals surface area contributed by atoms with Gasteiger partial charge in [0, 0.05) is 32.6 Å². The van der Waals surface area contributed by atoms with Gasteiger partial charge >= 0.3 is 0 Å². The van der Waals surface area contributed by atoms with Gasteiger partial charge in [0.2, 0.25) is 5.91 Å². The van der Waals surface area contributed by atoms with Gasteiger partial charge in [0.05, 0.1) is 14.2 Å². The van der Waals surface area contributed by atoms with E-state index in [0.29, 0.717) is 36.6 Å². The minimum atomic E-state index is -0.0787. The van der Waals surface area contributed by atoms with Crippen LogP contribution in [0.3, 0.4) is 0 Å². The first-order chi connectivity index (χ1) is 12.9. The van der Waals surface area contributed by atoms with Crippen LogP contribution in [0.25, 0.3) is 0 Å². The molecule has 0 radical (unpaired) electrons. The van der Waals surface area contributed by atoms with Crippen molar-refractivity contribution in [3.05, 3.63) is 59.2 Å². The lowest BCUT2D eigenvalue weighted by molar-refractivity contribution is -0.119. The molecule has 144 valence electrons. The van der Waals surface area contributed by atoms with Gasteiger partial charge < -0.3 is 19.7 Å². The molecule has 0 fully saturated rings. The molecule has 0 spiro atoms. The van der Waals surface area contributed by atoms with E-state index in [9.17, 15) is 9.59 Å². The normalized spacial score (nSPS) is 10.2. The number of hydrogen-bond acceptors (Lipinski definition) is 4. The van der Waals surface area contributed by atoms with Gasteiger partial charge in [0.15, 0.2) is 11.5 Å². The van der Waals surface area contributed by atoms with Crippen LogP contribution in [0.1, 0.15) is 28.4 Å². The third-order valence-electron chi connectivity index (χ3n) is 4.27. The highest BCUT2D eigenvalue weighted by atomic mass is 16.5. The number of carbonyl (C=O) groups is 2. The molecule has 0 aliphatic carbocycles. The standard InChI is InChI=1S/C21H26N2O4/c1-15(24)22-14-17-5-8-18(9-6-17)21(25)23(2)12-11-16-7-10-19(26-3)20(13-16)27-4/h5-10,13H,11-12,14H2,1-4H3,(H,22,24). The van der Waals surface area contributed by atoms with Crippen LogP contribution in [-0.2, 0) is 17.8 Å². The fourth-order valence-corrected chi connectivity index (χ4v) is 2.65. The highest BCUT2D eigenvalue weighted by Gasteiger charge is 2.12. The summed E-state index contributed by atoms with van der Waals surface area (Å²) in [7, 11) is 4.99. The van der Waals surface area contributed by atoms with Crippen molar-refractivity contribution in [2.45, 2.75) is 19.9 Å². The number of nitrogens with zero attached hydrogens (tertiary/aromatic N) is 1. The Kier molecular flexibility index (Phi) is 7.23. The first-order valence-corrected chi connectivity index (χ1v) is 8.74. The molecule has 0 unspecified atom stereocenters. The Bertz CT molecular complexity index is 787. The van der Waals surface area contributed by atoms with E-state index in [4.69, 9.17) is 9.47 Å². The Hall–Kier alpha value is -3.02. The van der Waals surface area contributed by atoms with Gasteiger partial charge in [-0.15, -0.1) is 0 Å². The van der Waals surface area contributed by atoms with Crippen molar-refractivity contribution in [2.75, 3.05) is 27.8 Å². The third kappa shape index (κ3) is 5.74. The molecule has 2 rings (SSSR count). The maximum atomic E-state index is 12.6. The molecule has 0 saturated heterocycles. The predicted molar refractivity (Wildman–Crippen MR) is 104 cm³/mol. The van der Waals surface area contributed by atoms with E-state index < -0.39 is 0 Å². The fraction of sp³-hybridized carbons (Fsp3) is 0.333. The van der Waals surface area contributed by atoms with E-state index in [1.54, 1.807) is 38.3 Å². The van der Waals surface area contributed by atoms with Crippen LogP contribution in [-0.4, -0.2) is 44.5 Å². The number of methoxy groups -OCH3 is 2. The Morgan fingerprint density at radius 1 is 0.963 bits per heavy atom. The van der Waals surface area contributed by atoms with Crippen LogP contribution in [0.5, 0.6) is 11.5 Å². The molecule has 27 heavy (non-hydrogen) atoms. The van der Waals surface area contributed by atoms with Gasteiger partial charge in [0.25, 0.3) is 5.91 Å². The first kappa shape index (κ1) is 20.3. The Morgan fingerprint density at radius 3 is 2.19 bits per heavy atom. The number of hydrogen-bond donors (Lipinski definition) is 1. The number of nitrogens with one attached hydrogen (secondary N) is 1. The lowest BCUT2D eigenvalue weighted by Crippen LogP contribution is -2.28. The molecule has 0 bridgehead atoms. The summed E-state index contributed by atoms with van der Waals surface area (Å²) < 4.78 is 10.6. The second-order valence-corrected chi connectivity index (χ2v) is 6.27. The lowest BCUT2D eigenvalue weighted by Gasteiger charge is -2.18. The SMILES string of the molecule is COc1ccc(CCN(C)C(=O)c2ccc(CNC(C)=O)cc2)cc1OC. The van der Waals surface area contributed by atoms with Crippen molar-refractivity contribution in [1.29, 1.82) is 0 Å². The molecular weight excluding hydrogens is 344 g/mol. The van der Waals surface area contributed by atoms with Gasteiger partial charge in [-0.3, -0.25) is 9.59 Å². The zero-order valence-corrected chi connectivity index (χ0v) is 16.2. The molecule has 0 aromatic heterocycles. The quantitative estimate of drug-likeness (QED) is 0.776. The highest BCUT2D eigenvalue weighted by molar-refractivity contribution is 5.94. The zero-order chi connectivity index (χ0) is 19.8. The van der Waals surface area contributed by atoms with E-state index >= 15 is 0 Å². The van der Waals surface area contributed by atoms with Crippen molar-refractivity contribution in [3.63, 3.8) is 0 Å².